The fourth-order valence-electron chi connectivity index (χ4n) is 3.04. The van der Waals surface area contributed by atoms with E-state index in [2.05, 4.69) is 11.9 Å². The second-order valence-corrected chi connectivity index (χ2v) is 7.98. The summed E-state index contributed by atoms with van der Waals surface area (Å²) in [6, 6.07) is 10.2. The Labute approximate surface area is 204 Å². The van der Waals surface area contributed by atoms with E-state index in [1.807, 2.05) is 6.07 Å². The van der Waals surface area contributed by atoms with Gasteiger partial charge in [0.25, 0.3) is 5.91 Å². The zero-order valence-corrected chi connectivity index (χ0v) is 19.7. The lowest BCUT2D eigenvalue weighted by Gasteiger charge is -2.19. The molecule has 0 fully saturated rings. The molecule has 0 saturated heterocycles. The van der Waals surface area contributed by atoms with Crippen LogP contribution in [0.25, 0.3) is 0 Å². The summed E-state index contributed by atoms with van der Waals surface area (Å²) >= 11 is 0. The molecule has 190 valence electrons. The van der Waals surface area contributed by atoms with Crippen molar-refractivity contribution >= 4 is 11.9 Å². The molecule has 0 aliphatic heterocycles. The van der Waals surface area contributed by atoms with E-state index in [0.717, 1.165) is 0 Å². The number of aliphatic hydroxyl groups excluding tert-OH is 1. The van der Waals surface area contributed by atoms with Crippen LogP contribution in [0.2, 0.25) is 0 Å². The molecule has 10 nitrogen and oxygen atoms in total. The fraction of sp³-hybridized carbons (Fsp3) is 0.360. The van der Waals surface area contributed by atoms with Crippen LogP contribution in [0.5, 0.6) is 17.2 Å². The van der Waals surface area contributed by atoms with Gasteiger partial charge in [0.1, 0.15) is 37.7 Å². The number of nitrogens with two attached hydrogens (primary N) is 2. The van der Waals surface area contributed by atoms with E-state index in [-0.39, 0.29) is 43.5 Å². The first-order valence-corrected chi connectivity index (χ1v) is 11.1. The third-order valence-electron chi connectivity index (χ3n) is 4.90. The van der Waals surface area contributed by atoms with Gasteiger partial charge in [-0.2, -0.15) is 0 Å². The zero-order valence-electron chi connectivity index (χ0n) is 19.7. The quantitative estimate of drug-likeness (QED) is 0.181. The highest BCUT2D eigenvalue weighted by Crippen LogP contribution is 2.26. The number of esters is 1. The van der Waals surface area contributed by atoms with Gasteiger partial charge >= 0.3 is 5.97 Å². The van der Waals surface area contributed by atoms with Crippen LogP contribution in [-0.2, 0) is 16.0 Å². The number of primary amides is 1. The zero-order chi connectivity index (χ0) is 25.8. The first-order chi connectivity index (χ1) is 16.7. The van der Waals surface area contributed by atoms with Gasteiger partial charge in [-0.3, -0.25) is 9.59 Å². The average Bonchev–Trinajstić information content (AvgIpc) is 2.84. The van der Waals surface area contributed by atoms with E-state index in [0.29, 0.717) is 23.7 Å². The summed E-state index contributed by atoms with van der Waals surface area (Å²) in [5, 5.41) is 22.9. The minimum absolute atomic E-state index is 0.0404. The number of hydrogen-bond donors (Lipinski definition) is 5. The highest BCUT2D eigenvalue weighted by atomic mass is 16.5. The normalized spacial score (nSPS) is 13.3. The number of ether oxygens (including phenoxy) is 3. The smallest absolute Gasteiger partial charge is 0.323 e. The number of carbonyl (C=O) groups excluding carboxylic acids is 2. The number of hydrogen-bond acceptors (Lipinski definition) is 9. The van der Waals surface area contributed by atoms with Crippen molar-refractivity contribution in [3.63, 3.8) is 0 Å². The first kappa shape index (κ1) is 27.6. The minimum atomic E-state index is -0.963. The van der Waals surface area contributed by atoms with Gasteiger partial charge in [0.2, 0.25) is 0 Å². The van der Waals surface area contributed by atoms with E-state index in [1.54, 1.807) is 37.3 Å². The number of rotatable bonds is 15. The van der Waals surface area contributed by atoms with Crippen molar-refractivity contribution in [2.45, 2.75) is 31.5 Å². The maximum atomic E-state index is 12.2. The first-order valence-electron chi connectivity index (χ1n) is 11.1. The highest BCUT2D eigenvalue weighted by molar-refractivity contribution is 5.95. The van der Waals surface area contributed by atoms with Gasteiger partial charge in [0.05, 0.1) is 5.56 Å². The van der Waals surface area contributed by atoms with Crippen molar-refractivity contribution in [3.05, 3.63) is 66.2 Å². The Kier molecular flexibility index (Phi) is 11.0. The molecule has 0 radical (unpaired) electrons. The summed E-state index contributed by atoms with van der Waals surface area (Å²) in [7, 11) is 0. The Morgan fingerprint density at radius 3 is 2.49 bits per heavy atom. The second kappa shape index (κ2) is 14.0. The lowest BCUT2D eigenvalue weighted by molar-refractivity contribution is -0.145. The van der Waals surface area contributed by atoms with E-state index < -0.39 is 24.0 Å². The van der Waals surface area contributed by atoms with Crippen LogP contribution in [0.15, 0.2) is 55.1 Å². The van der Waals surface area contributed by atoms with E-state index in [1.165, 1.54) is 12.1 Å². The third kappa shape index (κ3) is 9.28. The topological polar surface area (TPSA) is 166 Å². The number of para-hydroxylation sites is 2. The van der Waals surface area contributed by atoms with Crippen LogP contribution >= 0.6 is 0 Å². The van der Waals surface area contributed by atoms with Gasteiger partial charge in [0, 0.05) is 12.6 Å². The summed E-state index contributed by atoms with van der Waals surface area (Å²) in [6.07, 6.45) is 0.927. The van der Waals surface area contributed by atoms with Gasteiger partial charge in [-0.25, -0.2) is 0 Å². The standard InChI is InChI=1S/C25H33N3O7/c1-3-10-33-22-6-4-5-7-23(22)34-15-18(29)13-28-16(2)14-35-25(32)20(26)12-17-8-9-21(30)19(11-17)24(27)31/h3-9,11,16,18,20,28-30H,1,10,12-15,26H2,2H3,(H2,27,31)/t16?,18?,20-/m0/s1. The molecule has 0 aliphatic rings. The van der Waals surface area contributed by atoms with Crippen LogP contribution in [-0.4, -0.2) is 66.6 Å². The molecule has 35 heavy (non-hydrogen) atoms. The van der Waals surface area contributed by atoms with Crippen molar-refractivity contribution in [2.75, 3.05) is 26.4 Å². The van der Waals surface area contributed by atoms with Gasteiger partial charge < -0.3 is 41.2 Å². The molecule has 0 saturated carbocycles. The predicted octanol–water partition coefficient (Wildman–Crippen LogP) is 0.887. The van der Waals surface area contributed by atoms with Crippen LogP contribution in [0.1, 0.15) is 22.8 Å². The molecule has 2 rings (SSSR count). The van der Waals surface area contributed by atoms with Crippen molar-refractivity contribution in [2.24, 2.45) is 11.5 Å². The number of aliphatic hydroxyl groups is 1. The Morgan fingerprint density at radius 1 is 1.14 bits per heavy atom. The Morgan fingerprint density at radius 2 is 1.83 bits per heavy atom. The van der Waals surface area contributed by atoms with Crippen molar-refractivity contribution in [1.82, 2.24) is 5.32 Å². The number of aromatic hydroxyl groups is 1. The number of amides is 1. The maximum Gasteiger partial charge on any atom is 0.323 e. The molecule has 0 spiro atoms. The van der Waals surface area contributed by atoms with E-state index in [9.17, 15) is 19.8 Å². The molecule has 0 aromatic heterocycles. The van der Waals surface area contributed by atoms with Gasteiger partial charge in [-0.1, -0.05) is 30.9 Å². The molecule has 3 atom stereocenters. The van der Waals surface area contributed by atoms with E-state index >= 15 is 0 Å². The number of benzene rings is 2. The van der Waals surface area contributed by atoms with Crippen molar-refractivity contribution in [1.29, 1.82) is 0 Å². The summed E-state index contributed by atoms with van der Waals surface area (Å²) in [5.41, 5.74) is 11.6. The summed E-state index contributed by atoms with van der Waals surface area (Å²) in [6.45, 7) is 6.04. The molecule has 2 aromatic rings. The summed E-state index contributed by atoms with van der Waals surface area (Å²) < 4.78 is 16.4. The van der Waals surface area contributed by atoms with Crippen LogP contribution < -0.4 is 26.3 Å². The molecule has 10 heteroatoms. The van der Waals surface area contributed by atoms with Crippen molar-refractivity contribution < 1.29 is 34.0 Å². The van der Waals surface area contributed by atoms with E-state index in [4.69, 9.17) is 25.7 Å². The van der Waals surface area contributed by atoms with Crippen molar-refractivity contribution in [3.8, 4) is 17.2 Å². The average molecular weight is 488 g/mol. The Bertz CT molecular complexity index is 999. The van der Waals surface area contributed by atoms with Crippen LogP contribution in [0.4, 0.5) is 0 Å². The number of phenols is 1. The predicted molar refractivity (Wildman–Crippen MR) is 130 cm³/mol. The Balaban J connectivity index is 1.72. The summed E-state index contributed by atoms with van der Waals surface area (Å²) in [5.74, 6) is -0.566. The lowest BCUT2D eigenvalue weighted by atomic mass is 10.0. The molecule has 2 unspecified atom stereocenters. The SMILES string of the molecule is C=CCOc1ccccc1OCC(O)CNC(C)COC(=O)[C@@H](N)Cc1ccc(O)c(C(N)=O)c1. The highest BCUT2D eigenvalue weighted by Gasteiger charge is 2.19. The van der Waals surface area contributed by atoms with Crippen LogP contribution in [0.3, 0.4) is 0 Å². The van der Waals surface area contributed by atoms with Gasteiger partial charge in [-0.15, -0.1) is 0 Å². The molecule has 1 amide bonds. The Hall–Kier alpha value is -3.60. The third-order valence-corrected chi connectivity index (χ3v) is 4.90. The number of nitrogens with one attached hydrogen (secondary N) is 1. The van der Waals surface area contributed by atoms with Gasteiger partial charge in [0.15, 0.2) is 11.5 Å². The molecule has 7 N–H and O–H groups in total. The summed E-state index contributed by atoms with van der Waals surface area (Å²) in [4.78, 5) is 23.6. The largest absolute Gasteiger partial charge is 0.507 e. The molecule has 2 aromatic carbocycles. The molecule has 0 aliphatic carbocycles. The molecular weight excluding hydrogens is 454 g/mol. The molecular formula is C25H33N3O7. The second-order valence-electron chi connectivity index (χ2n) is 7.98. The molecule has 0 heterocycles. The lowest BCUT2D eigenvalue weighted by Crippen LogP contribution is -2.41. The minimum Gasteiger partial charge on any atom is -0.507 e. The monoisotopic (exact) mass is 487 g/mol. The maximum absolute atomic E-state index is 12.2. The fourth-order valence-corrected chi connectivity index (χ4v) is 3.04. The van der Waals surface area contributed by atoms with Gasteiger partial charge in [-0.05, 0) is 43.2 Å². The molecule has 0 bridgehead atoms. The number of carbonyl (C=O) groups is 2. The van der Waals surface area contributed by atoms with Crippen LogP contribution in [0, 0.1) is 0 Å².